The molecule has 2 amide bonds. The third kappa shape index (κ3) is 4.44. The molecule has 1 heterocycles. The summed E-state index contributed by atoms with van der Waals surface area (Å²) in [4.78, 5) is 25.9. The lowest BCUT2D eigenvalue weighted by atomic mass is 10.1. The molecule has 31 heavy (non-hydrogen) atoms. The fourth-order valence-electron chi connectivity index (χ4n) is 3.50. The molecule has 0 unspecified atom stereocenters. The van der Waals surface area contributed by atoms with E-state index in [0.717, 1.165) is 28.3 Å². The van der Waals surface area contributed by atoms with Crippen LogP contribution in [0, 0.1) is 0 Å². The van der Waals surface area contributed by atoms with Gasteiger partial charge < -0.3 is 9.47 Å². The normalized spacial score (nSPS) is 15.2. The molecular weight excluding hydrogens is 410 g/mol. The van der Waals surface area contributed by atoms with E-state index in [1.807, 2.05) is 43.3 Å². The molecule has 1 aliphatic rings. The number of rotatable bonds is 7. The van der Waals surface area contributed by atoms with Gasteiger partial charge in [0, 0.05) is 6.54 Å². The van der Waals surface area contributed by atoms with Crippen molar-refractivity contribution in [2.45, 2.75) is 20.5 Å². The molecule has 0 aromatic heterocycles. The first kappa shape index (κ1) is 21.0. The first-order valence-electron chi connectivity index (χ1n) is 10.2. The smallest absolute Gasteiger partial charge is 0.293 e. The zero-order chi connectivity index (χ0) is 21.8. The van der Waals surface area contributed by atoms with Crippen molar-refractivity contribution in [3.8, 4) is 11.5 Å². The predicted molar refractivity (Wildman–Crippen MR) is 124 cm³/mol. The highest BCUT2D eigenvalue weighted by Gasteiger charge is 2.33. The highest BCUT2D eigenvalue weighted by atomic mass is 32.2. The first-order chi connectivity index (χ1) is 15.1. The number of amides is 2. The minimum absolute atomic E-state index is 0.237. The van der Waals surface area contributed by atoms with Crippen LogP contribution in [-0.2, 0) is 11.4 Å². The molecule has 1 saturated heterocycles. The van der Waals surface area contributed by atoms with Crippen molar-refractivity contribution in [2.24, 2.45) is 0 Å². The van der Waals surface area contributed by atoms with E-state index in [4.69, 9.17) is 9.47 Å². The Morgan fingerprint density at radius 2 is 1.74 bits per heavy atom. The Labute approximate surface area is 185 Å². The fraction of sp³-hybridized carbons (Fsp3) is 0.200. The van der Waals surface area contributed by atoms with Crippen LogP contribution >= 0.6 is 11.8 Å². The SMILES string of the molecule is CCOc1cc(/C=C2/SC(=O)N(CC)C2=O)ccc1OCc1cccc2ccccc12. The molecule has 0 aliphatic carbocycles. The topological polar surface area (TPSA) is 55.8 Å². The van der Waals surface area contributed by atoms with Crippen LogP contribution in [0.25, 0.3) is 16.8 Å². The Kier molecular flexibility index (Phi) is 6.28. The van der Waals surface area contributed by atoms with Crippen molar-refractivity contribution >= 4 is 39.8 Å². The number of carbonyl (C=O) groups excluding carboxylic acids is 2. The molecule has 0 radical (unpaired) electrons. The quantitative estimate of drug-likeness (QED) is 0.436. The molecule has 0 N–H and O–H groups in total. The summed E-state index contributed by atoms with van der Waals surface area (Å²) in [7, 11) is 0. The van der Waals surface area contributed by atoms with Crippen LogP contribution in [0.2, 0.25) is 0 Å². The first-order valence-corrected chi connectivity index (χ1v) is 11.0. The van der Waals surface area contributed by atoms with Gasteiger partial charge in [0.15, 0.2) is 11.5 Å². The number of nitrogens with zero attached hydrogens (tertiary/aromatic N) is 1. The van der Waals surface area contributed by atoms with E-state index in [9.17, 15) is 9.59 Å². The van der Waals surface area contributed by atoms with Gasteiger partial charge in [-0.1, -0.05) is 48.5 Å². The molecule has 158 valence electrons. The molecule has 0 spiro atoms. The molecule has 1 aliphatic heterocycles. The Morgan fingerprint density at radius 1 is 0.935 bits per heavy atom. The van der Waals surface area contributed by atoms with E-state index in [-0.39, 0.29) is 11.1 Å². The van der Waals surface area contributed by atoms with E-state index >= 15 is 0 Å². The minimum Gasteiger partial charge on any atom is -0.490 e. The standard InChI is InChI=1S/C25H23NO4S/c1-3-26-24(27)23(31-25(26)28)15-17-12-13-21(22(14-17)29-4-2)30-16-19-10-7-9-18-8-5-6-11-20(18)19/h5-15H,3-4,16H2,1-2H3/b23-15+. The van der Waals surface area contributed by atoms with Crippen molar-refractivity contribution < 1.29 is 19.1 Å². The third-order valence-electron chi connectivity index (χ3n) is 5.02. The molecule has 0 bridgehead atoms. The van der Waals surface area contributed by atoms with Crippen LogP contribution in [0.3, 0.4) is 0 Å². The molecule has 0 atom stereocenters. The van der Waals surface area contributed by atoms with Crippen molar-refractivity contribution in [1.29, 1.82) is 0 Å². The second-order valence-corrected chi connectivity index (χ2v) is 7.99. The van der Waals surface area contributed by atoms with Gasteiger partial charge >= 0.3 is 0 Å². The van der Waals surface area contributed by atoms with Gasteiger partial charge in [0.1, 0.15) is 6.61 Å². The lowest BCUT2D eigenvalue weighted by Gasteiger charge is -2.14. The maximum absolute atomic E-state index is 12.4. The number of imide groups is 1. The number of thioether (sulfide) groups is 1. The number of hydrogen-bond donors (Lipinski definition) is 0. The summed E-state index contributed by atoms with van der Waals surface area (Å²) in [6, 6.07) is 19.9. The van der Waals surface area contributed by atoms with Gasteiger partial charge in [-0.2, -0.15) is 0 Å². The summed E-state index contributed by atoms with van der Waals surface area (Å²) in [5, 5.41) is 2.09. The van der Waals surface area contributed by atoms with Crippen LogP contribution in [0.15, 0.2) is 65.6 Å². The molecule has 5 nitrogen and oxygen atoms in total. The summed E-state index contributed by atoms with van der Waals surface area (Å²) >= 11 is 0.960. The highest BCUT2D eigenvalue weighted by molar-refractivity contribution is 8.18. The van der Waals surface area contributed by atoms with E-state index in [1.54, 1.807) is 13.0 Å². The Bertz CT molecular complexity index is 1170. The van der Waals surface area contributed by atoms with E-state index < -0.39 is 0 Å². The van der Waals surface area contributed by atoms with Gasteiger partial charge in [-0.15, -0.1) is 0 Å². The monoisotopic (exact) mass is 433 g/mol. The maximum atomic E-state index is 12.4. The molecule has 0 saturated carbocycles. The number of fused-ring (bicyclic) bond motifs is 1. The molecule has 4 rings (SSSR count). The molecule has 6 heteroatoms. The third-order valence-corrected chi connectivity index (χ3v) is 5.93. The molecular formula is C25H23NO4S. The molecule has 1 fully saturated rings. The van der Waals surface area contributed by atoms with E-state index in [0.29, 0.717) is 36.2 Å². The van der Waals surface area contributed by atoms with Gasteiger partial charge in [-0.3, -0.25) is 14.5 Å². The van der Waals surface area contributed by atoms with Crippen LogP contribution in [-0.4, -0.2) is 29.2 Å². The van der Waals surface area contributed by atoms with Crippen LogP contribution in [0.4, 0.5) is 4.79 Å². The fourth-order valence-corrected chi connectivity index (χ4v) is 4.40. The van der Waals surface area contributed by atoms with Crippen molar-refractivity contribution in [1.82, 2.24) is 4.90 Å². The second kappa shape index (κ2) is 9.27. The average Bonchev–Trinajstić information content (AvgIpc) is 3.05. The van der Waals surface area contributed by atoms with Crippen molar-refractivity contribution in [3.63, 3.8) is 0 Å². The molecule has 3 aromatic carbocycles. The van der Waals surface area contributed by atoms with Crippen LogP contribution < -0.4 is 9.47 Å². The molecule has 3 aromatic rings. The second-order valence-electron chi connectivity index (χ2n) is 6.99. The van der Waals surface area contributed by atoms with Gasteiger partial charge in [0.05, 0.1) is 11.5 Å². The maximum Gasteiger partial charge on any atom is 0.293 e. The number of ether oxygens (including phenoxy) is 2. The Hall–Kier alpha value is -3.25. The van der Waals surface area contributed by atoms with E-state index in [1.165, 1.54) is 10.3 Å². The summed E-state index contributed by atoms with van der Waals surface area (Å²) in [6.45, 7) is 4.96. The van der Waals surface area contributed by atoms with Crippen LogP contribution in [0.5, 0.6) is 11.5 Å². The van der Waals surface area contributed by atoms with Gasteiger partial charge in [-0.05, 0) is 65.7 Å². The Balaban J connectivity index is 1.57. The number of likely N-dealkylation sites (N-methyl/N-ethyl adjacent to an activating group) is 1. The number of benzene rings is 3. The Morgan fingerprint density at radius 3 is 2.52 bits per heavy atom. The largest absolute Gasteiger partial charge is 0.490 e. The summed E-state index contributed by atoms with van der Waals surface area (Å²) < 4.78 is 11.9. The van der Waals surface area contributed by atoms with Crippen LogP contribution in [0.1, 0.15) is 25.0 Å². The number of hydrogen-bond acceptors (Lipinski definition) is 5. The summed E-state index contributed by atoms with van der Waals surface area (Å²) in [6.07, 6.45) is 1.72. The van der Waals surface area contributed by atoms with E-state index in [2.05, 4.69) is 24.3 Å². The van der Waals surface area contributed by atoms with Gasteiger partial charge in [-0.25, -0.2) is 0 Å². The predicted octanol–water partition coefficient (Wildman–Crippen LogP) is 5.87. The highest BCUT2D eigenvalue weighted by Crippen LogP contribution is 2.35. The zero-order valence-corrected chi connectivity index (χ0v) is 18.3. The van der Waals surface area contributed by atoms with Crippen molar-refractivity contribution in [3.05, 3.63) is 76.7 Å². The minimum atomic E-state index is -0.258. The number of carbonyl (C=O) groups is 2. The van der Waals surface area contributed by atoms with Gasteiger partial charge in [0.25, 0.3) is 11.1 Å². The lowest BCUT2D eigenvalue weighted by Crippen LogP contribution is -2.27. The summed E-state index contributed by atoms with van der Waals surface area (Å²) in [5.41, 5.74) is 1.88. The lowest BCUT2D eigenvalue weighted by molar-refractivity contribution is -0.122. The zero-order valence-electron chi connectivity index (χ0n) is 17.5. The van der Waals surface area contributed by atoms with Crippen molar-refractivity contribution in [2.75, 3.05) is 13.2 Å². The summed E-state index contributed by atoms with van der Waals surface area (Å²) in [5.74, 6) is 0.978. The van der Waals surface area contributed by atoms with Gasteiger partial charge in [0.2, 0.25) is 0 Å². The average molecular weight is 434 g/mol.